The van der Waals surface area contributed by atoms with Crippen molar-refractivity contribution in [2.75, 3.05) is 7.11 Å². The lowest BCUT2D eigenvalue weighted by molar-refractivity contribution is -0.138. The molecule has 1 heterocycles. The second-order valence-corrected chi connectivity index (χ2v) is 4.40. The molecule has 1 aliphatic heterocycles. The number of alkyl halides is 3. The van der Waals surface area contributed by atoms with E-state index in [1.165, 1.54) is 6.92 Å². The Morgan fingerprint density at radius 2 is 2.05 bits per heavy atom. The van der Waals surface area contributed by atoms with E-state index in [1.54, 1.807) is 0 Å². The van der Waals surface area contributed by atoms with Crippen LogP contribution in [-0.4, -0.2) is 25.0 Å². The number of benzene rings is 1. The molecule has 4 nitrogen and oxygen atoms in total. The minimum atomic E-state index is -4.72. The average molecular weight is 288 g/mol. The first-order chi connectivity index (χ1) is 9.24. The summed E-state index contributed by atoms with van der Waals surface area (Å²) in [5.74, 6) is -1.39. The van der Waals surface area contributed by atoms with Crippen molar-refractivity contribution in [2.45, 2.75) is 25.6 Å². The molecular formula is C13H11F3O4. The van der Waals surface area contributed by atoms with Gasteiger partial charge in [-0.1, -0.05) is 0 Å². The minimum Gasteiger partial charge on any atom is -0.483 e. The third kappa shape index (κ3) is 2.48. The van der Waals surface area contributed by atoms with E-state index in [0.717, 1.165) is 19.2 Å². The molecule has 1 aromatic rings. The van der Waals surface area contributed by atoms with Crippen LogP contribution in [0, 0.1) is 0 Å². The zero-order valence-corrected chi connectivity index (χ0v) is 10.7. The lowest BCUT2D eigenvalue weighted by Crippen LogP contribution is -2.31. The Morgan fingerprint density at radius 3 is 2.60 bits per heavy atom. The molecule has 1 atom stereocenters. The van der Waals surface area contributed by atoms with Gasteiger partial charge < -0.3 is 9.47 Å². The van der Waals surface area contributed by atoms with Gasteiger partial charge in [0.15, 0.2) is 11.9 Å². The second kappa shape index (κ2) is 4.81. The Kier molecular flexibility index (Phi) is 3.45. The van der Waals surface area contributed by atoms with Gasteiger partial charge in [-0.2, -0.15) is 13.2 Å². The van der Waals surface area contributed by atoms with Gasteiger partial charge in [-0.25, -0.2) is 4.79 Å². The van der Waals surface area contributed by atoms with Crippen molar-refractivity contribution in [3.8, 4) is 5.75 Å². The van der Waals surface area contributed by atoms with Gasteiger partial charge in [0.25, 0.3) is 0 Å². The summed E-state index contributed by atoms with van der Waals surface area (Å²) < 4.78 is 48.4. The molecule has 0 fully saturated rings. The van der Waals surface area contributed by atoms with Crippen LogP contribution in [0.25, 0.3) is 0 Å². The molecule has 1 aromatic carbocycles. The van der Waals surface area contributed by atoms with Crippen molar-refractivity contribution in [3.05, 3.63) is 28.8 Å². The quantitative estimate of drug-likeness (QED) is 0.745. The van der Waals surface area contributed by atoms with E-state index in [2.05, 4.69) is 4.74 Å². The topological polar surface area (TPSA) is 52.6 Å². The lowest BCUT2D eigenvalue weighted by Gasteiger charge is -2.24. The molecule has 0 N–H and O–H groups in total. The highest BCUT2D eigenvalue weighted by Crippen LogP contribution is 2.38. The van der Waals surface area contributed by atoms with Gasteiger partial charge in [0, 0.05) is 12.0 Å². The van der Waals surface area contributed by atoms with E-state index in [1.807, 2.05) is 0 Å². The van der Waals surface area contributed by atoms with Crippen molar-refractivity contribution in [2.24, 2.45) is 0 Å². The van der Waals surface area contributed by atoms with E-state index in [9.17, 15) is 22.8 Å². The summed E-state index contributed by atoms with van der Waals surface area (Å²) in [6.07, 6.45) is -5.59. The van der Waals surface area contributed by atoms with Crippen LogP contribution < -0.4 is 4.74 Å². The number of carbonyl (C=O) groups excluding carboxylic acids is 2. The maximum absolute atomic E-state index is 13.0. The monoisotopic (exact) mass is 288 g/mol. The highest BCUT2D eigenvalue weighted by Gasteiger charge is 2.38. The molecule has 0 aromatic heterocycles. The van der Waals surface area contributed by atoms with Crippen molar-refractivity contribution in [3.63, 3.8) is 0 Å². The summed E-state index contributed by atoms with van der Waals surface area (Å²) in [5, 5.41) is 0. The molecule has 20 heavy (non-hydrogen) atoms. The number of carbonyl (C=O) groups is 2. The number of ether oxygens (including phenoxy) is 2. The lowest BCUT2D eigenvalue weighted by atomic mass is 9.96. The molecule has 7 heteroatoms. The first-order valence-electron chi connectivity index (χ1n) is 5.76. The Bertz CT molecular complexity index is 578. The second-order valence-electron chi connectivity index (χ2n) is 4.40. The molecule has 2 rings (SSSR count). The van der Waals surface area contributed by atoms with Crippen LogP contribution >= 0.6 is 0 Å². The van der Waals surface area contributed by atoms with Crippen LogP contribution in [0.3, 0.4) is 0 Å². The fraction of sp³-hybridized carbons (Fsp3) is 0.385. The van der Waals surface area contributed by atoms with Crippen LogP contribution in [0.2, 0.25) is 0 Å². The molecule has 0 saturated heterocycles. The molecule has 0 bridgehead atoms. The smallest absolute Gasteiger partial charge is 0.417 e. The Hall–Kier alpha value is -2.05. The predicted molar refractivity (Wildman–Crippen MR) is 61.6 cm³/mol. The normalized spacial score (nSPS) is 18.2. The van der Waals surface area contributed by atoms with Gasteiger partial charge in [0.2, 0.25) is 0 Å². The number of Topliss-reactive ketones (excluding diaryl/α,β-unsaturated/α-hetero) is 1. The zero-order chi connectivity index (χ0) is 15.1. The standard InChI is InChI=1S/C13H11F3O4/c1-6-10(17)4-7-3-8(12(18)19-2)9(13(14,15)16)5-11(7)20-6/h3,5-6H,4H2,1-2H3/t6-/m0/s1. The molecule has 0 spiro atoms. The van der Waals surface area contributed by atoms with Gasteiger partial charge >= 0.3 is 12.1 Å². The van der Waals surface area contributed by atoms with E-state index >= 15 is 0 Å². The van der Waals surface area contributed by atoms with E-state index in [0.29, 0.717) is 0 Å². The number of rotatable bonds is 1. The van der Waals surface area contributed by atoms with Gasteiger partial charge in [0.1, 0.15) is 5.75 Å². The number of esters is 1. The molecular weight excluding hydrogens is 277 g/mol. The van der Waals surface area contributed by atoms with E-state index in [-0.39, 0.29) is 23.5 Å². The van der Waals surface area contributed by atoms with E-state index < -0.39 is 29.4 Å². The number of halogens is 3. The summed E-state index contributed by atoms with van der Waals surface area (Å²) in [5.41, 5.74) is -1.50. The Balaban J connectivity index is 2.60. The number of ketones is 1. The summed E-state index contributed by atoms with van der Waals surface area (Å²) >= 11 is 0. The molecule has 108 valence electrons. The first-order valence-corrected chi connectivity index (χ1v) is 5.76. The summed E-state index contributed by atoms with van der Waals surface area (Å²) in [6, 6.07) is 1.75. The number of hydrogen-bond acceptors (Lipinski definition) is 4. The van der Waals surface area contributed by atoms with Crippen LogP contribution in [0.4, 0.5) is 13.2 Å². The van der Waals surface area contributed by atoms with E-state index in [4.69, 9.17) is 4.74 Å². The zero-order valence-electron chi connectivity index (χ0n) is 10.7. The molecule has 1 aliphatic rings. The third-order valence-corrected chi connectivity index (χ3v) is 3.03. The van der Waals surface area contributed by atoms with Gasteiger partial charge in [0.05, 0.1) is 18.2 Å². The fourth-order valence-electron chi connectivity index (χ4n) is 1.97. The van der Waals surface area contributed by atoms with Gasteiger partial charge in [-0.05, 0) is 19.1 Å². The largest absolute Gasteiger partial charge is 0.483 e. The van der Waals surface area contributed by atoms with Crippen LogP contribution in [0.5, 0.6) is 5.75 Å². The number of methoxy groups -OCH3 is 1. The van der Waals surface area contributed by atoms with Crippen molar-refractivity contribution < 1.29 is 32.2 Å². The first kappa shape index (κ1) is 14.4. The number of hydrogen-bond donors (Lipinski definition) is 0. The van der Waals surface area contributed by atoms with Crippen LogP contribution in [0.15, 0.2) is 12.1 Å². The maximum Gasteiger partial charge on any atom is 0.417 e. The summed E-state index contributed by atoms with van der Waals surface area (Å²) in [6.45, 7) is 1.47. The van der Waals surface area contributed by atoms with Crippen LogP contribution in [-0.2, 0) is 22.1 Å². The summed E-state index contributed by atoms with van der Waals surface area (Å²) in [4.78, 5) is 23.0. The van der Waals surface area contributed by atoms with Crippen molar-refractivity contribution in [1.29, 1.82) is 0 Å². The molecule has 0 saturated carbocycles. The fourth-order valence-corrected chi connectivity index (χ4v) is 1.97. The Labute approximate surface area is 112 Å². The highest BCUT2D eigenvalue weighted by atomic mass is 19.4. The Morgan fingerprint density at radius 1 is 1.40 bits per heavy atom. The molecule has 0 radical (unpaired) electrons. The maximum atomic E-state index is 13.0. The van der Waals surface area contributed by atoms with Crippen molar-refractivity contribution >= 4 is 11.8 Å². The number of fused-ring (bicyclic) bond motifs is 1. The summed E-state index contributed by atoms with van der Waals surface area (Å²) in [7, 11) is 0.992. The molecule has 0 unspecified atom stereocenters. The average Bonchev–Trinajstić information content (AvgIpc) is 2.37. The third-order valence-electron chi connectivity index (χ3n) is 3.03. The molecule has 0 aliphatic carbocycles. The SMILES string of the molecule is COC(=O)c1cc2c(cc1C(F)(F)F)O[C@@H](C)C(=O)C2. The van der Waals surface area contributed by atoms with Crippen LogP contribution in [0.1, 0.15) is 28.4 Å². The predicted octanol–water partition coefficient (Wildman–Crippen LogP) is 2.38. The van der Waals surface area contributed by atoms with Gasteiger partial charge in [-0.15, -0.1) is 0 Å². The molecule has 0 amide bonds. The van der Waals surface area contributed by atoms with Crippen molar-refractivity contribution in [1.82, 2.24) is 0 Å². The minimum absolute atomic E-state index is 0.0305. The van der Waals surface area contributed by atoms with Gasteiger partial charge in [-0.3, -0.25) is 4.79 Å². The highest BCUT2D eigenvalue weighted by molar-refractivity contribution is 5.93.